The molecular formula is C15H15NO3S. The zero-order valence-corrected chi connectivity index (χ0v) is 11.9. The quantitative estimate of drug-likeness (QED) is 0.805. The number of benzene rings is 1. The highest BCUT2D eigenvalue weighted by Crippen LogP contribution is 2.39. The van der Waals surface area contributed by atoms with Crippen molar-refractivity contribution in [3.63, 3.8) is 0 Å². The Labute approximate surface area is 121 Å². The van der Waals surface area contributed by atoms with Gasteiger partial charge in [-0.05, 0) is 30.7 Å². The number of ether oxygens (including phenoxy) is 2. The van der Waals surface area contributed by atoms with Crippen molar-refractivity contribution in [2.45, 2.75) is 23.2 Å². The fourth-order valence-corrected chi connectivity index (χ4v) is 3.45. The van der Waals surface area contributed by atoms with Crippen LogP contribution in [0.25, 0.3) is 0 Å². The summed E-state index contributed by atoms with van der Waals surface area (Å²) in [4.78, 5) is 12.7. The molecule has 2 aliphatic rings. The van der Waals surface area contributed by atoms with Gasteiger partial charge in [-0.25, -0.2) is 4.79 Å². The summed E-state index contributed by atoms with van der Waals surface area (Å²) in [5.74, 6) is 0.579. The van der Waals surface area contributed by atoms with Gasteiger partial charge in [0, 0.05) is 16.2 Å². The minimum atomic E-state index is -0.329. The molecule has 1 atom stereocenters. The summed E-state index contributed by atoms with van der Waals surface area (Å²) in [6.07, 6.45) is 4.76. The number of thioether (sulfide) groups is 1. The Morgan fingerprint density at radius 1 is 1.50 bits per heavy atom. The maximum atomic E-state index is 11.6. The minimum Gasteiger partial charge on any atom is -0.492 e. The number of carbonyl (C=O) groups excluding carboxylic acids is 1. The lowest BCUT2D eigenvalue weighted by Gasteiger charge is -2.19. The van der Waals surface area contributed by atoms with Crippen molar-refractivity contribution < 1.29 is 14.3 Å². The third-order valence-corrected chi connectivity index (χ3v) is 4.70. The molecule has 0 radical (unpaired) electrons. The molecular weight excluding hydrogens is 274 g/mol. The third-order valence-electron chi connectivity index (χ3n) is 3.34. The number of hydrogen-bond acceptors (Lipinski definition) is 5. The monoisotopic (exact) mass is 289 g/mol. The van der Waals surface area contributed by atoms with E-state index < -0.39 is 0 Å². The van der Waals surface area contributed by atoms with E-state index in [1.54, 1.807) is 17.8 Å². The molecule has 0 spiro atoms. The van der Waals surface area contributed by atoms with Crippen molar-refractivity contribution in [3.05, 3.63) is 52.9 Å². The first-order chi connectivity index (χ1) is 9.67. The molecule has 104 valence electrons. The molecule has 1 aromatic carbocycles. The second-order valence-electron chi connectivity index (χ2n) is 4.70. The van der Waals surface area contributed by atoms with E-state index in [1.165, 1.54) is 7.11 Å². The molecule has 1 unspecified atom stereocenters. The molecule has 4 nitrogen and oxygen atoms in total. The van der Waals surface area contributed by atoms with Gasteiger partial charge in [-0.2, -0.15) is 0 Å². The molecule has 5 heteroatoms. The Morgan fingerprint density at radius 3 is 3.15 bits per heavy atom. The SMILES string of the molecule is COC(=O)c1ccc2c(c1)COC1=CC(N)=CCC1S2. The minimum absolute atomic E-state index is 0.257. The van der Waals surface area contributed by atoms with Gasteiger partial charge in [-0.3, -0.25) is 0 Å². The third kappa shape index (κ3) is 2.41. The number of fused-ring (bicyclic) bond motifs is 2. The normalized spacial score (nSPS) is 20.6. The molecule has 1 aliphatic heterocycles. The van der Waals surface area contributed by atoms with Crippen molar-refractivity contribution in [1.29, 1.82) is 0 Å². The number of rotatable bonds is 1. The molecule has 0 saturated carbocycles. The van der Waals surface area contributed by atoms with Gasteiger partial charge in [0.25, 0.3) is 0 Å². The molecule has 0 saturated heterocycles. The maximum Gasteiger partial charge on any atom is 0.337 e. The molecule has 0 fully saturated rings. The van der Waals surface area contributed by atoms with E-state index in [9.17, 15) is 4.79 Å². The van der Waals surface area contributed by atoms with Crippen LogP contribution in [-0.4, -0.2) is 18.3 Å². The number of carbonyl (C=O) groups is 1. The molecule has 20 heavy (non-hydrogen) atoms. The summed E-state index contributed by atoms with van der Waals surface area (Å²) in [5.41, 5.74) is 8.12. The van der Waals surface area contributed by atoms with Crippen LogP contribution < -0.4 is 5.73 Å². The van der Waals surface area contributed by atoms with Crippen molar-refractivity contribution >= 4 is 17.7 Å². The van der Waals surface area contributed by atoms with Crippen LogP contribution in [0.1, 0.15) is 22.3 Å². The van der Waals surface area contributed by atoms with E-state index in [1.807, 2.05) is 24.3 Å². The Kier molecular flexibility index (Phi) is 3.44. The van der Waals surface area contributed by atoms with Gasteiger partial charge in [0.05, 0.1) is 17.9 Å². The van der Waals surface area contributed by atoms with Gasteiger partial charge in [0.1, 0.15) is 12.4 Å². The average Bonchev–Trinajstić information content (AvgIpc) is 2.64. The van der Waals surface area contributed by atoms with Gasteiger partial charge >= 0.3 is 5.97 Å². The van der Waals surface area contributed by atoms with Crippen LogP contribution >= 0.6 is 11.8 Å². The van der Waals surface area contributed by atoms with Crippen LogP contribution in [0.2, 0.25) is 0 Å². The van der Waals surface area contributed by atoms with Gasteiger partial charge in [-0.15, -0.1) is 11.8 Å². The van der Waals surface area contributed by atoms with Gasteiger partial charge in [-0.1, -0.05) is 6.08 Å². The predicted molar refractivity (Wildman–Crippen MR) is 77.2 cm³/mol. The molecule has 0 amide bonds. The van der Waals surface area contributed by atoms with E-state index in [0.717, 1.165) is 28.3 Å². The van der Waals surface area contributed by atoms with E-state index in [0.29, 0.717) is 12.2 Å². The van der Waals surface area contributed by atoms with Crippen LogP contribution in [0.4, 0.5) is 0 Å². The molecule has 1 heterocycles. The Morgan fingerprint density at radius 2 is 2.35 bits per heavy atom. The summed E-state index contributed by atoms with van der Waals surface area (Å²) >= 11 is 1.75. The molecule has 3 rings (SSSR count). The summed E-state index contributed by atoms with van der Waals surface area (Å²) in [5, 5.41) is 0.257. The van der Waals surface area contributed by atoms with Gasteiger partial charge < -0.3 is 15.2 Å². The number of esters is 1. The Hall–Kier alpha value is -1.88. The van der Waals surface area contributed by atoms with E-state index in [2.05, 4.69) is 0 Å². The average molecular weight is 289 g/mol. The summed E-state index contributed by atoms with van der Waals surface area (Å²) in [7, 11) is 1.38. The first-order valence-electron chi connectivity index (χ1n) is 6.35. The number of nitrogens with two attached hydrogens (primary N) is 1. The first kappa shape index (κ1) is 13.1. The second-order valence-corrected chi connectivity index (χ2v) is 5.94. The molecule has 2 N–H and O–H groups in total. The van der Waals surface area contributed by atoms with E-state index >= 15 is 0 Å². The summed E-state index contributed by atoms with van der Waals surface area (Å²) < 4.78 is 10.6. The fraction of sp³-hybridized carbons (Fsp3) is 0.267. The van der Waals surface area contributed by atoms with Crippen molar-refractivity contribution in [3.8, 4) is 0 Å². The van der Waals surface area contributed by atoms with Gasteiger partial charge in [0.2, 0.25) is 0 Å². The standard InChI is InChI=1S/C15H15NO3S/c1-18-15(17)9-2-4-13-10(6-9)8-19-12-7-11(16)3-5-14(12)20-13/h2-4,6-7,14H,5,8,16H2,1H3. The smallest absolute Gasteiger partial charge is 0.337 e. The summed E-state index contributed by atoms with van der Waals surface area (Å²) in [6.45, 7) is 0.447. The molecule has 1 aromatic rings. The van der Waals surface area contributed by atoms with Crippen molar-refractivity contribution in [2.75, 3.05) is 7.11 Å². The van der Waals surface area contributed by atoms with E-state index in [4.69, 9.17) is 15.2 Å². The highest BCUT2D eigenvalue weighted by molar-refractivity contribution is 8.00. The largest absolute Gasteiger partial charge is 0.492 e. The highest BCUT2D eigenvalue weighted by Gasteiger charge is 2.25. The Bertz CT molecular complexity index is 622. The predicted octanol–water partition coefficient (Wildman–Crippen LogP) is 2.59. The second kappa shape index (κ2) is 5.25. The summed E-state index contributed by atoms with van der Waals surface area (Å²) in [6, 6.07) is 5.59. The lowest BCUT2D eigenvalue weighted by molar-refractivity contribution is 0.0600. The lowest BCUT2D eigenvalue weighted by atomic mass is 10.1. The Balaban J connectivity index is 1.91. The number of hydrogen-bond donors (Lipinski definition) is 1. The molecule has 0 aromatic heterocycles. The van der Waals surface area contributed by atoms with Crippen molar-refractivity contribution in [1.82, 2.24) is 0 Å². The van der Waals surface area contributed by atoms with Crippen LogP contribution in [0.3, 0.4) is 0 Å². The highest BCUT2D eigenvalue weighted by atomic mass is 32.2. The van der Waals surface area contributed by atoms with Crippen molar-refractivity contribution in [2.24, 2.45) is 5.73 Å². The molecule has 1 aliphatic carbocycles. The zero-order chi connectivity index (χ0) is 14.1. The molecule has 0 bridgehead atoms. The van der Waals surface area contributed by atoms with Crippen LogP contribution in [0.5, 0.6) is 0 Å². The van der Waals surface area contributed by atoms with Crippen LogP contribution in [-0.2, 0) is 16.1 Å². The number of methoxy groups -OCH3 is 1. The zero-order valence-electron chi connectivity index (χ0n) is 11.1. The first-order valence-corrected chi connectivity index (χ1v) is 7.23. The van der Waals surface area contributed by atoms with Crippen LogP contribution in [0.15, 0.2) is 46.7 Å². The lowest BCUT2D eigenvalue weighted by Crippen LogP contribution is -2.13. The maximum absolute atomic E-state index is 11.6. The fourth-order valence-electron chi connectivity index (χ4n) is 2.28. The van der Waals surface area contributed by atoms with Gasteiger partial charge in [0.15, 0.2) is 0 Å². The van der Waals surface area contributed by atoms with Crippen LogP contribution in [0, 0.1) is 0 Å². The number of allylic oxidation sites excluding steroid dienone is 2. The van der Waals surface area contributed by atoms with E-state index in [-0.39, 0.29) is 11.2 Å². The topological polar surface area (TPSA) is 61.5 Å².